The molecule has 3 rings (SSSR count). The molecule has 0 saturated carbocycles. The van der Waals surface area contributed by atoms with Gasteiger partial charge in [-0.1, -0.05) is 12.1 Å². The predicted molar refractivity (Wildman–Crippen MR) is 69.9 cm³/mol. The van der Waals surface area contributed by atoms with Crippen molar-refractivity contribution in [2.45, 2.75) is 12.5 Å². The third kappa shape index (κ3) is 1.86. The molecule has 0 radical (unpaired) electrons. The van der Waals surface area contributed by atoms with E-state index in [1.807, 2.05) is 29.8 Å². The van der Waals surface area contributed by atoms with Gasteiger partial charge in [0.15, 0.2) is 5.82 Å². The lowest BCUT2D eigenvalue weighted by molar-refractivity contribution is 0.133. The largest absolute Gasteiger partial charge is 0.399 e. The molecule has 0 aliphatic carbocycles. The van der Waals surface area contributed by atoms with E-state index in [0.717, 1.165) is 24.6 Å². The Kier molecular flexibility index (Phi) is 2.76. The molecule has 1 saturated heterocycles. The smallest absolute Gasteiger partial charge is 0.154 e. The van der Waals surface area contributed by atoms with Crippen LogP contribution in [-0.2, 0) is 7.05 Å². The van der Waals surface area contributed by atoms with Crippen LogP contribution in [0.25, 0.3) is 0 Å². The normalized spacial score (nSPS) is 17.4. The van der Waals surface area contributed by atoms with Gasteiger partial charge in [0.1, 0.15) is 6.33 Å². The molecule has 1 aromatic carbocycles. The number of likely N-dealkylation sites (tertiary alicyclic amines) is 1. The van der Waals surface area contributed by atoms with E-state index in [-0.39, 0.29) is 6.04 Å². The molecule has 1 aliphatic heterocycles. The highest BCUT2D eigenvalue weighted by molar-refractivity contribution is 5.43. The van der Waals surface area contributed by atoms with Crippen molar-refractivity contribution in [2.75, 3.05) is 18.8 Å². The van der Waals surface area contributed by atoms with E-state index in [0.29, 0.717) is 0 Å². The molecule has 2 heterocycles. The summed E-state index contributed by atoms with van der Waals surface area (Å²) in [6, 6.07) is 8.20. The van der Waals surface area contributed by atoms with Crippen LogP contribution in [0.3, 0.4) is 0 Å². The summed E-state index contributed by atoms with van der Waals surface area (Å²) >= 11 is 0. The molecule has 0 bridgehead atoms. The number of anilines is 1. The Labute approximate surface area is 106 Å². The summed E-state index contributed by atoms with van der Waals surface area (Å²) in [6.45, 7) is 2.21. The second kappa shape index (κ2) is 4.42. The zero-order chi connectivity index (χ0) is 12.5. The Morgan fingerprint density at radius 1 is 1.33 bits per heavy atom. The van der Waals surface area contributed by atoms with E-state index >= 15 is 0 Å². The minimum atomic E-state index is 0.162. The van der Waals surface area contributed by atoms with Crippen LogP contribution in [0.2, 0.25) is 0 Å². The van der Waals surface area contributed by atoms with Crippen molar-refractivity contribution in [3.05, 3.63) is 42.0 Å². The monoisotopic (exact) mass is 243 g/mol. The van der Waals surface area contributed by atoms with E-state index in [1.165, 1.54) is 12.0 Å². The average Bonchev–Trinajstić information content (AvgIpc) is 2.69. The maximum atomic E-state index is 5.89. The summed E-state index contributed by atoms with van der Waals surface area (Å²) in [6.07, 6.45) is 2.99. The van der Waals surface area contributed by atoms with Gasteiger partial charge in [0.25, 0.3) is 0 Å². The molecule has 1 atom stereocenters. The van der Waals surface area contributed by atoms with Crippen LogP contribution in [0.15, 0.2) is 30.6 Å². The summed E-state index contributed by atoms with van der Waals surface area (Å²) in [5, 5.41) is 8.24. The molecule has 18 heavy (non-hydrogen) atoms. The molecule has 1 aliphatic rings. The van der Waals surface area contributed by atoms with Gasteiger partial charge in [-0.3, -0.25) is 4.90 Å². The number of aromatic nitrogens is 3. The lowest BCUT2D eigenvalue weighted by Gasteiger charge is -2.37. The van der Waals surface area contributed by atoms with Gasteiger partial charge in [-0.2, -0.15) is 0 Å². The first-order valence-electron chi connectivity index (χ1n) is 6.19. The second-order valence-electron chi connectivity index (χ2n) is 4.76. The highest BCUT2D eigenvalue weighted by atomic mass is 15.3. The number of benzene rings is 1. The predicted octanol–water partition coefficient (Wildman–Crippen LogP) is 1.19. The summed E-state index contributed by atoms with van der Waals surface area (Å²) in [4.78, 5) is 2.40. The Bertz CT molecular complexity index is 544. The molecule has 1 fully saturated rings. The first-order chi connectivity index (χ1) is 8.75. The van der Waals surface area contributed by atoms with E-state index in [2.05, 4.69) is 21.2 Å². The molecular weight excluding hydrogens is 226 g/mol. The molecule has 0 spiro atoms. The van der Waals surface area contributed by atoms with Crippen LogP contribution in [-0.4, -0.2) is 32.8 Å². The summed E-state index contributed by atoms with van der Waals surface area (Å²) in [7, 11) is 1.98. The Balaban J connectivity index is 2.03. The Morgan fingerprint density at radius 2 is 2.17 bits per heavy atom. The molecule has 1 unspecified atom stereocenters. The van der Waals surface area contributed by atoms with E-state index in [1.54, 1.807) is 6.33 Å². The fraction of sp³-hybridized carbons (Fsp3) is 0.385. The zero-order valence-corrected chi connectivity index (χ0v) is 10.5. The van der Waals surface area contributed by atoms with Gasteiger partial charge >= 0.3 is 0 Å². The minimum absolute atomic E-state index is 0.162. The number of rotatable bonds is 3. The molecule has 0 amide bonds. The quantitative estimate of drug-likeness (QED) is 0.823. The van der Waals surface area contributed by atoms with Crippen molar-refractivity contribution in [3.8, 4) is 0 Å². The van der Waals surface area contributed by atoms with Gasteiger partial charge in [0.05, 0.1) is 6.04 Å². The van der Waals surface area contributed by atoms with Crippen LogP contribution in [0, 0.1) is 0 Å². The highest BCUT2D eigenvalue weighted by Crippen LogP contribution is 2.31. The lowest BCUT2D eigenvalue weighted by Crippen LogP contribution is -2.41. The van der Waals surface area contributed by atoms with Gasteiger partial charge in [-0.25, -0.2) is 0 Å². The number of nitrogens with zero attached hydrogens (tertiary/aromatic N) is 4. The highest BCUT2D eigenvalue weighted by Gasteiger charge is 2.30. The van der Waals surface area contributed by atoms with Crippen molar-refractivity contribution in [3.63, 3.8) is 0 Å². The van der Waals surface area contributed by atoms with E-state index in [4.69, 9.17) is 5.73 Å². The number of hydrogen-bond acceptors (Lipinski definition) is 4. The minimum Gasteiger partial charge on any atom is -0.399 e. The van der Waals surface area contributed by atoms with Crippen LogP contribution >= 0.6 is 0 Å². The van der Waals surface area contributed by atoms with Gasteiger partial charge in [-0.05, 0) is 24.1 Å². The van der Waals surface area contributed by atoms with Crippen LogP contribution < -0.4 is 5.73 Å². The molecule has 2 aromatic rings. The molecular formula is C13H17N5. The number of nitrogens with two attached hydrogens (primary N) is 1. The van der Waals surface area contributed by atoms with Crippen LogP contribution in [0.1, 0.15) is 23.9 Å². The number of hydrogen-bond donors (Lipinski definition) is 1. The van der Waals surface area contributed by atoms with Crippen molar-refractivity contribution in [2.24, 2.45) is 7.05 Å². The Morgan fingerprint density at radius 3 is 2.72 bits per heavy atom. The lowest BCUT2D eigenvalue weighted by atomic mass is 10.0. The number of nitrogen functional groups attached to an aromatic ring is 1. The first kappa shape index (κ1) is 11.2. The van der Waals surface area contributed by atoms with E-state index < -0.39 is 0 Å². The molecule has 5 heteroatoms. The van der Waals surface area contributed by atoms with Gasteiger partial charge in [0.2, 0.25) is 0 Å². The summed E-state index contributed by atoms with van der Waals surface area (Å²) < 4.78 is 1.98. The maximum Gasteiger partial charge on any atom is 0.154 e. The van der Waals surface area contributed by atoms with Crippen molar-refractivity contribution >= 4 is 5.69 Å². The molecule has 2 N–H and O–H groups in total. The Hall–Kier alpha value is -1.88. The standard InChI is InChI=1S/C13H17N5/c1-17-9-15-16-13(17)12(18-6-3-7-18)10-4-2-5-11(14)8-10/h2,4-5,8-9,12H,3,6-7,14H2,1H3. The van der Waals surface area contributed by atoms with E-state index in [9.17, 15) is 0 Å². The van der Waals surface area contributed by atoms with Crippen molar-refractivity contribution < 1.29 is 0 Å². The molecule has 1 aromatic heterocycles. The third-order valence-electron chi connectivity index (χ3n) is 3.47. The van der Waals surface area contributed by atoms with Crippen LogP contribution in [0.5, 0.6) is 0 Å². The van der Waals surface area contributed by atoms with Gasteiger partial charge < -0.3 is 10.3 Å². The van der Waals surface area contributed by atoms with Gasteiger partial charge in [0, 0.05) is 25.8 Å². The SMILES string of the molecule is Cn1cnnc1C(c1cccc(N)c1)N1CCC1. The fourth-order valence-electron chi connectivity index (χ4n) is 2.39. The van der Waals surface area contributed by atoms with Crippen molar-refractivity contribution in [1.29, 1.82) is 0 Å². The molecule has 94 valence electrons. The van der Waals surface area contributed by atoms with Gasteiger partial charge in [-0.15, -0.1) is 10.2 Å². The molecule has 5 nitrogen and oxygen atoms in total. The number of aryl methyl sites for hydroxylation is 1. The average molecular weight is 243 g/mol. The first-order valence-corrected chi connectivity index (χ1v) is 6.19. The topological polar surface area (TPSA) is 60.0 Å². The second-order valence-corrected chi connectivity index (χ2v) is 4.76. The zero-order valence-electron chi connectivity index (χ0n) is 10.5. The fourth-order valence-corrected chi connectivity index (χ4v) is 2.39. The summed E-state index contributed by atoms with van der Waals surface area (Å²) in [5.41, 5.74) is 7.86. The van der Waals surface area contributed by atoms with Crippen LogP contribution in [0.4, 0.5) is 5.69 Å². The maximum absolute atomic E-state index is 5.89. The third-order valence-corrected chi connectivity index (χ3v) is 3.47. The van der Waals surface area contributed by atoms with Crippen molar-refractivity contribution in [1.82, 2.24) is 19.7 Å². The summed E-state index contributed by atoms with van der Waals surface area (Å²) in [5.74, 6) is 0.973.